The molecule has 2 saturated heterocycles. The van der Waals surface area contributed by atoms with Gasteiger partial charge in [-0.3, -0.25) is 4.90 Å². The van der Waals surface area contributed by atoms with Crippen molar-refractivity contribution in [3.8, 4) is 0 Å². The third-order valence-corrected chi connectivity index (χ3v) is 6.11. The predicted octanol–water partition coefficient (Wildman–Crippen LogP) is 0.885. The molecule has 2 fully saturated rings. The van der Waals surface area contributed by atoms with Crippen LogP contribution in [-0.2, 0) is 9.84 Å². The molecular formula is C13H26N2O2S. The Hall–Kier alpha value is -0.130. The second-order valence-electron chi connectivity index (χ2n) is 5.59. The Morgan fingerprint density at radius 2 is 2.11 bits per heavy atom. The molecule has 0 amide bonds. The van der Waals surface area contributed by atoms with Gasteiger partial charge >= 0.3 is 0 Å². The summed E-state index contributed by atoms with van der Waals surface area (Å²) >= 11 is 0. The third-order valence-electron chi connectivity index (χ3n) is 4.42. The molecule has 0 bridgehead atoms. The summed E-state index contributed by atoms with van der Waals surface area (Å²) in [6, 6.07) is 0.616. The van der Waals surface area contributed by atoms with Crippen LogP contribution in [0.3, 0.4) is 0 Å². The van der Waals surface area contributed by atoms with Crippen LogP contribution in [0.15, 0.2) is 0 Å². The van der Waals surface area contributed by atoms with E-state index in [-0.39, 0.29) is 5.75 Å². The Morgan fingerprint density at radius 1 is 1.28 bits per heavy atom. The predicted molar refractivity (Wildman–Crippen MR) is 74.5 cm³/mol. The number of piperidine rings is 1. The number of likely N-dealkylation sites (tertiary alicyclic amines) is 1. The molecule has 1 N–H and O–H groups in total. The van der Waals surface area contributed by atoms with E-state index >= 15 is 0 Å². The van der Waals surface area contributed by atoms with Crippen molar-refractivity contribution in [3.05, 3.63) is 0 Å². The molecule has 2 aliphatic heterocycles. The first-order chi connectivity index (χ1) is 8.62. The molecule has 0 saturated carbocycles. The van der Waals surface area contributed by atoms with Crippen LogP contribution in [0, 0.1) is 5.92 Å². The van der Waals surface area contributed by atoms with Gasteiger partial charge in [-0.15, -0.1) is 0 Å². The molecular weight excluding hydrogens is 248 g/mol. The molecule has 2 aliphatic rings. The maximum Gasteiger partial charge on any atom is 0.151 e. The van der Waals surface area contributed by atoms with Gasteiger partial charge < -0.3 is 5.32 Å². The minimum absolute atomic E-state index is 0.274. The maximum absolute atomic E-state index is 11.6. The van der Waals surface area contributed by atoms with Gasteiger partial charge in [0.05, 0.1) is 5.75 Å². The quantitative estimate of drug-likeness (QED) is 0.809. The van der Waals surface area contributed by atoms with E-state index in [0.29, 0.717) is 11.8 Å². The summed E-state index contributed by atoms with van der Waals surface area (Å²) in [7, 11) is -2.82. The molecule has 0 spiro atoms. The lowest BCUT2D eigenvalue weighted by Crippen LogP contribution is -2.44. The molecule has 2 heterocycles. The Labute approximate surface area is 111 Å². The van der Waals surface area contributed by atoms with Crippen LogP contribution in [0.4, 0.5) is 0 Å². The molecule has 2 atom stereocenters. The van der Waals surface area contributed by atoms with E-state index in [9.17, 15) is 8.42 Å². The fourth-order valence-electron chi connectivity index (χ4n) is 3.27. The van der Waals surface area contributed by atoms with Crippen molar-refractivity contribution >= 4 is 9.84 Å². The lowest BCUT2D eigenvalue weighted by atomic mass is 9.90. The van der Waals surface area contributed by atoms with E-state index in [1.807, 2.05) is 0 Å². The van der Waals surface area contributed by atoms with Crippen LogP contribution < -0.4 is 5.32 Å². The van der Waals surface area contributed by atoms with Crippen molar-refractivity contribution in [1.82, 2.24) is 10.2 Å². The van der Waals surface area contributed by atoms with Gasteiger partial charge in [0.1, 0.15) is 0 Å². The zero-order chi connectivity index (χ0) is 13.0. The Balaban J connectivity index is 1.87. The Morgan fingerprint density at radius 3 is 2.78 bits per heavy atom. The number of rotatable bonds is 5. The Kier molecular flexibility index (Phi) is 5.04. The van der Waals surface area contributed by atoms with Gasteiger partial charge in [-0.05, 0) is 51.2 Å². The van der Waals surface area contributed by atoms with Crippen molar-refractivity contribution in [2.75, 3.05) is 37.7 Å². The minimum atomic E-state index is -2.82. The van der Waals surface area contributed by atoms with Crippen molar-refractivity contribution < 1.29 is 8.42 Å². The summed E-state index contributed by atoms with van der Waals surface area (Å²) in [5.41, 5.74) is 0. The average molecular weight is 274 g/mol. The number of nitrogens with one attached hydrogen (secondary N) is 1. The van der Waals surface area contributed by atoms with E-state index in [1.54, 1.807) is 6.92 Å². The van der Waals surface area contributed by atoms with Crippen molar-refractivity contribution in [1.29, 1.82) is 0 Å². The molecule has 18 heavy (non-hydrogen) atoms. The van der Waals surface area contributed by atoms with Gasteiger partial charge in [0.25, 0.3) is 0 Å². The van der Waals surface area contributed by atoms with Gasteiger partial charge in [-0.2, -0.15) is 0 Å². The maximum atomic E-state index is 11.6. The van der Waals surface area contributed by atoms with Crippen LogP contribution >= 0.6 is 0 Å². The zero-order valence-corrected chi connectivity index (χ0v) is 12.2. The topological polar surface area (TPSA) is 49.4 Å². The molecule has 2 unspecified atom stereocenters. The molecule has 0 aromatic rings. The standard InChI is InChI=1S/C13H26N2O2S/c1-2-18(16,17)10-9-15-8-4-6-13(15)12-5-3-7-14-11-12/h12-14H,2-11H2,1H3. The van der Waals surface area contributed by atoms with Gasteiger partial charge in [-0.1, -0.05) is 6.92 Å². The Bertz CT molecular complexity index is 350. The second-order valence-corrected chi connectivity index (χ2v) is 8.06. The van der Waals surface area contributed by atoms with Gasteiger partial charge in [0.15, 0.2) is 9.84 Å². The average Bonchev–Trinajstić information content (AvgIpc) is 2.86. The highest BCUT2D eigenvalue weighted by Gasteiger charge is 2.32. The minimum Gasteiger partial charge on any atom is -0.316 e. The van der Waals surface area contributed by atoms with Crippen LogP contribution in [0.25, 0.3) is 0 Å². The summed E-state index contributed by atoms with van der Waals surface area (Å²) in [5, 5.41) is 3.47. The molecule has 0 radical (unpaired) electrons. The van der Waals surface area contributed by atoms with E-state index in [0.717, 1.165) is 32.1 Å². The zero-order valence-electron chi connectivity index (χ0n) is 11.4. The molecule has 4 nitrogen and oxygen atoms in total. The van der Waals surface area contributed by atoms with E-state index in [4.69, 9.17) is 0 Å². The summed E-state index contributed by atoms with van der Waals surface area (Å²) in [5.74, 6) is 1.34. The molecule has 0 aromatic carbocycles. The number of sulfone groups is 1. The number of nitrogens with zero attached hydrogens (tertiary/aromatic N) is 1. The van der Waals surface area contributed by atoms with E-state index in [2.05, 4.69) is 10.2 Å². The first-order valence-electron chi connectivity index (χ1n) is 7.27. The van der Waals surface area contributed by atoms with Crippen molar-refractivity contribution in [3.63, 3.8) is 0 Å². The molecule has 0 aliphatic carbocycles. The third kappa shape index (κ3) is 3.68. The SMILES string of the molecule is CCS(=O)(=O)CCN1CCCC1C1CCCNC1. The van der Waals surface area contributed by atoms with Crippen molar-refractivity contribution in [2.45, 2.75) is 38.6 Å². The van der Waals surface area contributed by atoms with Crippen LogP contribution in [0.5, 0.6) is 0 Å². The fourth-order valence-corrected chi connectivity index (χ4v) is 4.07. The molecule has 5 heteroatoms. The summed E-state index contributed by atoms with van der Waals surface area (Å²) in [6.45, 7) is 5.81. The molecule has 2 rings (SSSR count). The van der Waals surface area contributed by atoms with Gasteiger partial charge in [0, 0.05) is 18.3 Å². The largest absolute Gasteiger partial charge is 0.316 e. The monoisotopic (exact) mass is 274 g/mol. The summed E-state index contributed by atoms with van der Waals surface area (Å²) in [4.78, 5) is 2.42. The summed E-state index contributed by atoms with van der Waals surface area (Å²) < 4.78 is 23.2. The highest BCUT2D eigenvalue weighted by molar-refractivity contribution is 7.91. The van der Waals surface area contributed by atoms with E-state index in [1.165, 1.54) is 25.7 Å². The number of hydrogen-bond acceptors (Lipinski definition) is 4. The lowest BCUT2D eigenvalue weighted by Gasteiger charge is -2.34. The van der Waals surface area contributed by atoms with Crippen LogP contribution in [-0.4, -0.2) is 57.0 Å². The van der Waals surface area contributed by atoms with Crippen LogP contribution in [0.2, 0.25) is 0 Å². The first kappa shape index (κ1) is 14.3. The van der Waals surface area contributed by atoms with Crippen molar-refractivity contribution in [2.24, 2.45) is 5.92 Å². The summed E-state index contributed by atoms with van der Waals surface area (Å²) in [6.07, 6.45) is 5.04. The van der Waals surface area contributed by atoms with Crippen LogP contribution in [0.1, 0.15) is 32.6 Å². The fraction of sp³-hybridized carbons (Fsp3) is 1.00. The highest BCUT2D eigenvalue weighted by atomic mass is 32.2. The highest BCUT2D eigenvalue weighted by Crippen LogP contribution is 2.27. The molecule has 0 aromatic heterocycles. The normalized spacial score (nSPS) is 30.7. The van der Waals surface area contributed by atoms with E-state index < -0.39 is 9.84 Å². The van der Waals surface area contributed by atoms with Gasteiger partial charge in [0.2, 0.25) is 0 Å². The first-order valence-corrected chi connectivity index (χ1v) is 9.09. The smallest absolute Gasteiger partial charge is 0.151 e. The molecule has 106 valence electrons. The second kappa shape index (κ2) is 6.35. The van der Waals surface area contributed by atoms with Gasteiger partial charge in [-0.25, -0.2) is 8.42 Å². The number of hydrogen-bond donors (Lipinski definition) is 1. The lowest BCUT2D eigenvalue weighted by molar-refractivity contribution is 0.173.